The Morgan fingerprint density at radius 1 is 1.44 bits per heavy atom. The van der Waals surface area contributed by atoms with Crippen LogP contribution in [0.4, 0.5) is 4.39 Å². The van der Waals surface area contributed by atoms with Crippen LogP contribution in [0, 0.1) is 5.82 Å². The number of halogens is 2. The Morgan fingerprint density at radius 3 is 2.78 bits per heavy atom. The topological polar surface area (TPSA) is 81.4 Å². The van der Waals surface area contributed by atoms with Crippen LogP contribution in [0.5, 0.6) is 0 Å². The molecule has 0 aliphatic rings. The zero-order valence-corrected chi connectivity index (χ0v) is 11.0. The minimum absolute atomic E-state index is 0.178. The van der Waals surface area contributed by atoms with Crippen molar-refractivity contribution in [3.63, 3.8) is 0 Å². The van der Waals surface area contributed by atoms with Crippen LogP contribution in [0.3, 0.4) is 0 Å². The summed E-state index contributed by atoms with van der Waals surface area (Å²) in [6, 6.07) is 3.96. The second-order valence-electron chi connectivity index (χ2n) is 3.40. The van der Waals surface area contributed by atoms with E-state index >= 15 is 0 Å². The van der Waals surface area contributed by atoms with Gasteiger partial charge in [0, 0.05) is 12.1 Å². The molecule has 0 unspecified atom stereocenters. The summed E-state index contributed by atoms with van der Waals surface area (Å²) >= 11 is 2.99. The van der Waals surface area contributed by atoms with E-state index in [0.717, 1.165) is 0 Å². The van der Waals surface area contributed by atoms with Crippen molar-refractivity contribution in [3.8, 4) is 0 Å². The molecule has 5 nitrogen and oxygen atoms in total. The molecule has 0 saturated heterocycles. The van der Waals surface area contributed by atoms with Crippen molar-refractivity contribution in [3.05, 3.63) is 34.1 Å². The van der Waals surface area contributed by atoms with Crippen LogP contribution >= 0.6 is 15.9 Å². The largest absolute Gasteiger partial charge is 0.370 e. The third-order valence-electron chi connectivity index (χ3n) is 1.96. The van der Waals surface area contributed by atoms with E-state index in [1.807, 2.05) is 0 Å². The third kappa shape index (κ3) is 4.80. The summed E-state index contributed by atoms with van der Waals surface area (Å²) in [5.74, 6) is -1.35. The highest BCUT2D eigenvalue weighted by atomic mass is 79.9. The molecular formula is C11H12BrFN2O3. The molecule has 3 N–H and O–H groups in total. The molecule has 0 aliphatic heterocycles. The fourth-order valence-electron chi connectivity index (χ4n) is 1.15. The Morgan fingerprint density at radius 2 is 2.17 bits per heavy atom. The van der Waals surface area contributed by atoms with Gasteiger partial charge < -0.3 is 15.8 Å². The maximum Gasteiger partial charge on any atom is 0.251 e. The second kappa shape index (κ2) is 7.07. The molecule has 2 amide bonds. The average Bonchev–Trinajstić information content (AvgIpc) is 2.31. The monoisotopic (exact) mass is 318 g/mol. The fraction of sp³-hybridized carbons (Fsp3) is 0.273. The summed E-state index contributed by atoms with van der Waals surface area (Å²) in [6.45, 7) is 0.232. The Balaban J connectivity index is 2.36. The number of nitrogens with two attached hydrogens (primary N) is 1. The van der Waals surface area contributed by atoms with E-state index in [2.05, 4.69) is 21.2 Å². The first-order valence-electron chi connectivity index (χ1n) is 5.10. The first-order valence-corrected chi connectivity index (χ1v) is 5.89. The maximum absolute atomic E-state index is 12.9. The lowest BCUT2D eigenvalue weighted by Crippen LogP contribution is -2.28. The van der Waals surface area contributed by atoms with Crippen LogP contribution in [0.1, 0.15) is 10.4 Å². The number of ether oxygens (including phenoxy) is 1. The van der Waals surface area contributed by atoms with E-state index in [9.17, 15) is 14.0 Å². The fourth-order valence-corrected chi connectivity index (χ4v) is 1.53. The summed E-state index contributed by atoms with van der Waals surface area (Å²) in [7, 11) is 0. The molecule has 1 aromatic rings. The number of benzene rings is 1. The van der Waals surface area contributed by atoms with Crippen molar-refractivity contribution in [2.24, 2.45) is 5.73 Å². The molecule has 7 heteroatoms. The number of carbonyl (C=O) groups is 2. The predicted molar refractivity (Wildman–Crippen MR) is 66.4 cm³/mol. The summed E-state index contributed by atoms with van der Waals surface area (Å²) in [5.41, 5.74) is 5.20. The number of primary amides is 1. The molecule has 1 aromatic carbocycles. The first kappa shape index (κ1) is 14.6. The lowest BCUT2D eigenvalue weighted by Gasteiger charge is -2.06. The number of rotatable bonds is 6. The van der Waals surface area contributed by atoms with Crippen LogP contribution in [-0.4, -0.2) is 31.6 Å². The smallest absolute Gasteiger partial charge is 0.251 e. The van der Waals surface area contributed by atoms with Crippen LogP contribution in [0.25, 0.3) is 0 Å². The highest BCUT2D eigenvalue weighted by Crippen LogP contribution is 2.16. The van der Waals surface area contributed by atoms with Crippen molar-refractivity contribution >= 4 is 27.7 Å². The zero-order valence-electron chi connectivity index (χ0n) is 9.41. The summed E-state index contributed by atoms with van der Waals surface area (Å²) in [5, 5.41) is 2.56. The van der Waals surface area contributed by atoms with Gasteiger partial charge in [-0.1, -0.05) is 0 Å². The van der Waals surface area contributed by atoms with Gasteiger partial charge >= 0.3 is 0 Å². The Hall–Kier alpha value is -1.47. The molecule has 0 saturated carbocycles. The standard InChI is InChI=1S/C11H12BrFN2O3/c12-8-5-7(1-2-9(8)13)11(17)15-3-4-18-6-10(14)16/h1-2,5H,3-4,6H2,(H2,14,16)(H,15,17). The Bertz CT molecular complexity index is 454. The van der Waals surface area contributed by atoms with Crippen LogP contribution in [0.2, 0.25) is 0 Å². The van der Waals surface area contributed by atoms with Crippen molar-refractivity contribution < 1.29 is 18.7 Å². The van der Waals surface area contributed by atoms with Crippen LogP contribution < -0.4 is 11.1 Å². The third-order valence-corrected chi connectivity index (χ3v) is 2.57. The number of hydrogen-bond acceptors (Lipinski definition) is 3. The van der Waals surface area contributed by atoms with Crippen molar-refractivity contribution in [1.82, 2.24) is 5.32 Å². The van der Waals surface area contributed by atoms with Gasteiger partial charge in [0.2, 0.25) is 5.91 Å². The SMILES string of the molecule is NC(=O)COCCNC(=O)c1ccc(F)c(Br)c1. The van der Waals surface area contributed by atoms with E-state index in [1.54, 1.807) is 0 Å². The van der Waals surface area contributed by atoms with E-state index in [-0.39, 0.29) is 30.1 Å². The number of carbonyl (C=O) groups excluding carboxylic acids is 2. The van der Waals surface area contributed by atoms with Gasteiger partial charge in [-0.05, 0) is 34.1 Å². The Labute approximate surface area is 112 Å². The number of hydrogen-bond donors (Lipinski definition) is 2. The molecule has 0 heterocycles. The molecule has 18 heavy (non-hydrogen) atoms. The van der Waals surface area contributed by atoms with E-state index < -0.39 is 11.7 Å². The predicted octanol–water partition coefficient (Wildman–Crippen LogP) is 0.820. The van der Waals surface area contributed by atoms with Gasteiger partial charge in [0.25, 0.3) is 5.91 Å². The molecule has 0 atom stereocenters. The van der Waals surface area contributed by atoms with Gasteiger partial charge in [0.05, 0.1) is 11.1 Å². The summed E-state index contributed by atoms with van der Waals surface area (Å²) in [6.07, 6.45) is 0. The molecule has 0 spiro atoms. The summed E-state index contributed by atoms with van der Waals surface area (Å²) < 4.78 is 18.0. The maximum atomic E-state index is 12.9. The van der Waals surface area contributed by atoms with E-state index in [1.165, 1.54) is 18.2 Å². The van der Waals surface area contributed by atoms with E-state index in [0.29, 0.717) is 5.56 Å². The number of nitrogens with one attached hydrogen (secondary N) is 1. The van der Waals surface area contributed by atoms with Crippen molar-refractivity contribution in [2.45, 2.75) is 0 Å². The second-order valence-corrected chi connectivity index (χ2v) is 4.26. The molecular weight excluding hydrogens is 307 g/mol. The van der Waals surface area contributed by atoms with Gasteiger partial charge in [0.1, 0.15) is 12.4 Å². The zero-order chi connectivity index (χ0) is 13.5. The number of amides is 2. The molecule has 0 aromatic heterocycles. The molecule has 0 bridgehead atoms. The normalized spacial score (nSPS) is 10.1. The average molecular weight is 319 g/mol. The minimum atomic E-state index is -0.566. The van der Waals surface area contributed by atoms with Crippen molar-refractivity contribution in [2.75, 3.05) is 19.8 Å². The summed E-state index contributed by atoms with van der Waals surface area (Å²) in [4.78, 5) is 22.0. The highest BCUT2D eigenvalue weighted by molar-refractivity contribution is 9.10. The molecule has 0 radical (unpaired) electrons. The molecule has 0 fully saturated rings. The quantitative estimate of drug-likeness (QED) is 0.762. The van der Waals surface area contributed by atoms with Gasteiger partial charge in [-0.25, -0.2) is 4.39 Å². The molecule has 0 aliphatic carbocycles. The van der Waals surface area contributed by atoms with Crippen molar-refractivity contribution in [1.29, 1.82) is 0 Å². The Kier molecular flexibility index (Phi) is 5.73. The molecule has 1 rings (SSSR count). The van der Waals surface area contributed by atoms with Gasteiger partial charge in [-0.3, -0.25) is 9.59 Å². The highest BCUT2D eigenvalue weighted by Gasteiger charge is 2.07. The lowest BCUT2D eigenvalue weighted by molar-refractivity contribution is -0.122. The lowest BCUT2D eigenvalue weighted by atomic mass is 10.2. The van der Waals surface area contributed by atoms with Crippen LogP contribution in [-0.2, 0) is 9.53 Å². The van der Waals surface area contributed by atoms with Gasteiger partial charge in [-0.15, -0.1) is 0 Å². The first-order chi connectivity index (χ1) is 8.50. The van der Waals surface area contributed by atoms with Gasteiger partial charge in [0.15, 0.2) is 0 Å². The molecule has 98 valence electrons. The van der Waals surface area contributed by atoms with Crippen LogP contribution in [0.15, 0.2) is 22.7 Å². The van der Waals surface area contributed by atoms with Gasteiger partial charge in [-0.2, -0.15) is 0 Å². The minimum Gasteiger partial charge on any atom is -0.370 e. The van der Waals surface area contributed by atoms with E-state index in [4.69, 9.17) is 10.5 Å².